The highest BCUT2D eigenvalue weighted by atomic mass is 15.0. The quantitative estimate of drug-likeness (QED) is 0.167. The molecule has 256 valence electrons. The summed E-state index contributed by atoms with van der Waals surface area (Å²) in [5.74, 6) is 0. The highest BCUT2D eigenvalue weighted by Crippen LogP contribution is 2.38. The Labute approximate surface area is 318 Å². The lowest BCUT2D eigenvalue weighted by Crippen LogP contribution is -1.93. The van der Waals surface area contributed by atoms with Crippen LogP contribution in [0.15, 0.2) is 200 Å². The van der Waals surface area contributed by atoms with Crippen molar-refractivity contribution in [3.63, 3.8) is 0 Å². The molecule has 0 aliphatic carbocycles. The van der Waals surface area contributed by atoms with Gasteiger partial charge in [0.1, 0.15) is 0 Å². The van der Waals surface area contributed by atoms with Crippen LogP contribution in [0, 0.1) is 0 Å². The molecule has 0 atom stereocenters. The van der Waals surface area contributed by atoms with E-state index in [2.05, 4.69) is 193 Å². The standard InChI is InChI=1S/C52H33N3/c1-2-17-42(18-3-1)55-49-22-7-6-20-44(49)45-25-23-41(33-50(45)55)39-16-10-14-37(31-39)35-12-8-11-34(29-35)36-13-9-15-38(30-36)40-24-26-47-48(32-40)43-19-4-5-21-46(43)51-52(47)54-28-27-53-51/h1-33H. The molecule has 11 rings (SSSR count). The van der Waals surface area contributed by atoms with E-state index in [0.29, 0.717) is 0 Å². The number of hydrogen-bond donors (Lipinski definition) is 0. The molecule has 0 saturated carbocycles. The van der Waals surface area contributed by atoms with Crippen LogP contribution in [0.3, 0.4) is 0 Å². The van der Waals surface area contributed by atoms with Crippen LogP contribution in [-0.2, 0) is 0 Å². The summed E-state index contributed by atoms with van der Waals surface area (Å²) in [6.45, 7) is 0. The Morgan fingerprint density at radius 1 is 0.273 bits per heavy atom. The number of rotatable bonds is 5. The maximum absolute atomic E-state index is 4.74. The third kappa shape index (κ3) is 5.20. The summed E-state index contributed by atoms with van der Waals surface area (Å²) in [5.41, 5.74) is 15.0. The van der Waals surface area contributed by atoms with Crippen molar-refractivity contribution in [2.24, 2.45) is 0 Å². The van der Waals surface area contributed by atoms with Crippen LogP contribution >= 0.6 is 0 Å². The molecule has 0 amide bonds. The molecule has 2 aromatic heterocycles. The molecule has 0 spiro atoms. The molecule has 55 heavy (non-hydrogen) atoms. The van der Waals surface area contributed by atoms with E-state index in [9.17, 15) is 0 Å². The first kappa shape index (κ1) is 31.2. The Bertz CT molecular complexity index is 3230. The lowest BCUT2D eigenvalue weighted by molar-refractivity contribution is 1.18. The van der Waals surface area contributed by atoms with E-state index in [-0.39, 0.29) is 0 Å². The number of hydrogen-bond acceptors (Lipinski definition) is 2. The van der Waals surface area contributed by atoms with Crippen molar-refractivity contribution in [2.45, 2.75) is 0 Å². The Hall–Kier alpha value is -7.36. The SMILES string of the molecule is c1ccc(-n2c3ccccc3c3ccc(-c4cccc(-c5cccc(-c6cccc(-c7ccc8c(c7)c7ccccc7c7nccnc87)c6)c5)c4)cc32)cc1. The third-order valence-electron chi connectivity index (χ3n) is 11.1. The minimum atomic E-state index is 0.938. The molecule has 0 saturated heterocycles. The van der Waals surface area contributed by atoms with E-state index >= 15 is 0 Å². The van der Waals surface area contributed by atoms with E-state index in [1.54, 1.807) is 12.4 Å². The molecule has 2 heterocycles. The summed E-state index contributed by atoms with van der Waals surface area (Å²) >= 11 is 0. The van der Waals surface area contributed by atoms with Crippen LogP contribution in [0.25, 0.3) is 105 Å². The zero-order chi connectivity index (χ0) is 36.3. The lowest BCUT2D eigenvalue weighted by atomic mass is 9.93. The molecule has 0 fully saturated rings. The van der Waals surface area contributed by atoms with Gasteiger partial charge in [-0.1, -0.05) is 140 Å². The molecule has 3 heteroatoms. The molecule has 0 aliphatic rings. The van der Waals surface area contributed by atoms with E-state index < -0.39 is 0 Å². The van der Waals surface area contributed by atoms with Crippen LogP contribution in [0.2, 0.25) is 0 Å². The molecular formula is C52H33N3. The molecule has 0 bridgehead atoms. The van der Waals surface area contributed by atoms with Crippen molar-refractivity contribution in [2.75, 3.05) is 0 Å². The number of para-hydroxylation sites is 2. The van der Waals surface area contributed by atoms with Gasteiger partial charge in [-0.15, -0.1) is 0 Å². The number of nitrogens with zero attached hydrogens (tertiary/aromatic N) is 3. The van der Waals surface area contributed by atoms with Gasteiger partial charge < -0.3 is 4.57 Å². The minimum Gasteiger partial charge on any atom is -0.309 e. The van der Waals surface area contributed by atoms with Gasteiger partial charge in [0.05, 0.1) is 22.1 Å². The summed E-state index contributed by atoms with van der Waals surface area (Å²) in [5, 5.41) is 7.15. The maximum Gasteiger partial charge on any atom is 0.0971 e. The Morgan fingerprint density at radius 2 is 0.709 bits per heavy atom. The normalized spacial score (nSPS) is 11.6. The summed E-state index contributed by atoms with van der Waals surface area (Å²) in [6.07, 6.45) is 3.56. The maximum atomic E-state index is 4.74. The minimum absolute atomic E-state index is 0.938. The van der Waals surface area contributed by atoms with E-state index in [4.69, 9.17) is 9.97 Å². The second kappa shape index (κ2) is 12.6. The van der Waals surface area contributed by atoms with Crippen LogP contribution in [0.4, 0.5) is 0 Å². The fourth-order valence-electron chi connectivity index (χ4n) is 8.45. The largest absolute Gasteiger partial charge is 0.309 e. The van der Waals surface area contributed by atoms with Crippen LogP contribution in [0.5, 0.6) is 0 Å². The number of fused-ring (bicyclic) bond motifs is 9. The molecule has 0 unspecified atom stereocenters. The Balaban J connectivity index is 0.963. The summed E-state index contributed by atoms with van der Waals surface area (Å²) < 4.78 is 2.38. The van der Waals surface area contributed by atoms with Crippen molar-refractivity contribution in [3.05, 3.63) is 200 Å². The van der Waals surface area contributed by atoms with Crippen molar-refractivity contribution in [1.29, 1.82) is 0 Å². The molecule has 3 nitrogen and oxygen atoms in total. The second-order valence-electron chi connectivity index (χ2n) is 14.2. The Morgan fingerprint density at radius 3 is 1.31 bits per heavy atom. The first-order valence-corrected chi connectivity index (χ1v) is 18.7. The number of benzene rings is 9. The third-order valence-corrected chi connectivity index (χ3v) is 11.1. The van der Waals surface area contributed by atoms with Crippen molar-refractivity contribution in [1.82, 2.24) is 14.5 Å². The van der Waals surface area contributed by atoms with E-state index in [1.165, 1.54) is 77.1 Å². The van der Waals surface area contributed by atoms with Gasteiger partial charge in [0, 0.05) is 39.6 Å². The predicted molar refractivity (Wildman–Crippen MR) is 231 cm³/mol. The van der Waals surface area contributed by atoms with Crippen molar-refractivity contribution in [3.8, 4) is 50.2 Å². The van der Waals surface area contributed by atoms with E-state index in [1.807, 2.05) is 0 Å². The van der Waals surface area contributed by atoms with Gasteiger partial charge >= 0.3 is 0 Å². The van der Waals surface area contributed by atoms with E-state index in [0.717, 1.165) is 27.5 Å². The predicted octanol–water partition coefficient (Wildman–Crippen LogP) is 13.7. The summed E-state index contributed by atoms with van der Waals surface area (Å²) in [4.78, 5) is 9.45. The van der Waals surface area contributed by atoms with Crippen LogP contribution < -0.4 is 0 Å². The fraction of sp³-hybridized carbons (Fsp3) is 0. The molecular weight excluding hydrogens is 667 g/mol. The first-order chi connectivity index (χ1) is 27.3. The molecule has 0 N–H and O–H groups in total. The highest BCUT2D eigenvalue weighted by molar-refractivity contribution is 6.23. The molecule has 9 aromatic carbocycles. The van der Waals surface area contributed by atoms with Gasteiger partial charge in [-0.3, -0.25) is 9.97 Å². The van der Waals surface area contributed by atoms with Gasteiger partial charge in [0.25, 0.3) is 0 Å². The second-order valence-corrected chi connectivity index (χ2v) is 14.2. The zero-order valence-electron chi connectivity index (χ0n) is 29.9. The van der Waals surface area contributed by atoms with Crippen molar-refractivity contribution >= 4 is 54.4 Å². The molecule has 0 aliphatic heterocycles. The smallest absolute Gasteiger partial charge is 0.0971 e. The molecule has 0 radical (unpaired) electrons. The lowest BCUT2D eigenvalue weighted by Gasteiger charge is -2.12. The summed E-state index contributed by atoms with van der Waals surface area (Å²) in [6, 6.07) is 68.2. The van der Waals surface area contributed by atoms with Gasteiger partial charge in [-0.05, 0) is 104 Å². The monoisotopic (exact) mass is 699 g/mol. The van der Waals surface area contributed by atoms with Crippen LogP contribution in [0.1, 0.15) is 0 Å². The average Bonchev–Trinajstić information content (AvgIpc) is 3.60. The fourth-order valence-corrected chi connectivity index (χ4v) is 8.45. The zero-order valence-corrected chi connectivity index (χ0v) is 29.9. The average molecular weight is 700 g/mol. The van der Waals surface area contributed by atoms with Crippen LogP contribution in [-0.4, -0.2) is 14.5 Å². The molecule has 11 aromatic rings. The summed E-state index contributed by atoms with van der Waals surface area (Å²) in [7, 11) is 0. The number of aromatic nitrogens is 3. The Kier molecular flexibility index (Phi) is 7.17. The first-order valence-electron chi connectivity index (χ1n) is 18.7. The van der Waals surface area contributed by atoms with Gasteiger partial charge in [0.15, 0.2) is 0 Å². The van der Waals surface area contributed by atoms with Gasteiger partial charge in [-0.2, -0.15) is 0 Å². The topological polar surface area (TPSA) is 30.7 Å². The highest BCUT2D eigenvalue weighted by Gasteiger charge is 2.15. The van der Waals surface area contributed by atoms with Gasteiger partial charge in [0.2, 0.25) is 0 Å². The van der Waals surface area contributed by atoms with Gasteiger partial charge in [-0.25, -0.2) is 0 Å². The van der Waals surface area contributed by atoms with Crippen molar-refractivity contribution < 1.29 is 0 Å².